The summed E-state index contributed by atoms with van der Waals surface area (Å²) < 4.78 is 0.782. The number of nitrogens with two attached hydrogens (primary N) is 1. The minimum atomic E-state index is -0.655. The third-order valence-electron chi connectivity index (χ3n) is 2.12. The van der Waals surface area contributed by atoms with E-state index in [0.29, 0.717) is 17.7 Å². The lowest BCUT2D eigenvalue weighted by Gasteiger charge is -2.11. The highest BCUT2D eigenvalue weighted by Gasteiger charge is 2.13. The van der Waals surface area contributed by atoms with E-state index in [9.17, 15) is 4.79 Å². The quantitative estimate of drug-likeness (QED) is 0.835. The molecule has 0 aromatic heterocycles. The maximum atomic E-state index is 11.7. The molecular weight excluding hydrogens is 282 g/mol. The van der Waals surface area contributed by atoms with Crippen LogP contribution in [-0.2, 0) is 4.79 Å². The van der Waals surface area contributed by atoms with Crippen LogP contribution in [0.15, 0.2) is 35.3 Å². The Morgan fingerprint density at radius 3 is 3.00 bits per heavy atom. The standard InChI is InChI=1S/C12H12BrN3O/c1-2-3-10(15)12(17)16-11-6-9(13)5-4-8(11)7-14/h2,4-6,10H,1,3,15H2,(H,16,17). The highest BCUT2D eigenvalue weighted by Crippen LogP contribution is 2.20. The molecule has 0 aliphatic rings. The van der Waals surface area contributed by atoms with Gasteiger partial charge in [0, 0.05) is 4.47 Å². The Labute approximate surface area is 108 Å². The van der Waals surface area contributed by atoms with Crippen molar-refractivity contribution in [1.29, 1.82) is 5.26 Å². The van der Waals surface area contributed by atoms with Crippen LogP contribution in [0.4, 0.5) is 5.69 Å². The zero-order valence-electron chi connectivity index (χ0n) is 9.11. The number of amides is 1. The van der Waals surface area contributed by atoms with E-state index >= 15 is 0 Å². The molecule has 4 nitrogen and oxygen atoms in total. The van der Waals surface area contributed by atoms with Crippen LogP contribution in [0.3, 0.4) is 0 Å². The minimum Gasteiger partial charge on any atom is -0.323 e. The number of hydrogen-bond donors (Lipinski definition) is 2. The molecule has 88 valence electrons. The summed E-state index contributed by atoms with van der Waals surface area (Å²) in [4.78, 5) is 11.7. The smallest absolute Gasteiger partial charge is 0.241 e. The Morgan fingerprint density at radius 2 is 2.41 bits per heavy atom. The normalized spacial score (nSPS) is 11.4. The lowest BCUT2D eigenvalue weighted by molar-refractivity contribution is -0.117. The van der Waals surface area contributed by atoms with Crippen molar-refractivity contribution in [3.8, 4) is 6.07 Å². The summed E-state index contributed by atoms with van der Waals surface area (Å²) in [5.41, 5.74) is 6.47. The predicted molar refractivity (Wildman–Crippen MR) is 70.3 cm³/mol. The summed E-state index contributed by atoms with van der Waals surface area (Å²) in [5, 5.41) is 11.5. The van der Waals surface area contributed by atoms with Crippen LogP contribution >= 0.6 is 15.9 Å². The molecule has 5 heteroatoms. The van der Waals surface area contributed by atoms with Crippen molar-refractivity contribution < 1.29 is 4.79 Å². The average molecular weight is 294 g/mol. The SMILES string of the molecule is C=CCC(N)C(=O)Nc1cc(Br)ccc1C#N. The van der Waals surface area contributed by atoms with Gasteiger partial charge in [-0.25, -0.2) is 0 Å². The highest BCUT2D eigenvalue weighted by atomic mass is 79.9. The first-order valence-electron chi connectivity index (χ1n) is 4.95. The first-order valence-corrected chi connectivity index (χ1v) is 5.74. The number of nitrogens with zero attached hydrogens (tertiary/aromatic N) is 1. The molecule has 1 atom stereocenters. The van der Waals surface area contributed by atoms with Gasteiger partial charge in [0.05, 0.1) is 17.3 Å². The van der Waals surface area contributed by atoms with Crippen molar-refractivity contribution in [1.82, 2.24) is 0 Å². The van der Waals surface area contributed by atoms with Gasteiger partial charge in [-0.2, -0.15) is 5.26 Å². The predicted octanol–water partition coefficient (Wildman–Crippen LogP) is 2.16. The number of carbonyl (C=O) groups excluding carboxylic acids is 1. The summed E-state index contributed by atoms with van der Waals surface area (Å²) in [6.07, 6.45) is 1.97. The number of nitrogens with one attached hydrogen (secondary N) is 1. The molecule has 0 radical (unpaired) electrons. The number of anilines is 1. The van der Waals surface area contributed by atoms with Gasteiger partial charge in [-0.15, -0.1) is 6.58 Å². The largest absolute Gasteiger partial charge is 0.323 e. The molecule has 3 N–H and O–H groups in total. The van der Waals surface area contributed by atoms with E-state index in [-0.39, 0.29) is 5.91 Å². The highest BCUT2D eigenvalue weighted by molar-refractivity contribution is 9.10. The van der Waals surface area contributed by atoms with Crippen LogP contribution in [0.5, 0.6) is 0 Å². The second-order valence-electron chi connectivity index (χ2n) is 3.42. The topological polar surface area (TPSA) is 78.9 Å². The number of hydrogen-bond acceptors (Lipinski definition) is 3. The molecular formula is C12H12BrN3O. The summed E-state index contributed by atoms with van der Waals surface area (Å²) in [6.45, 7) is 3.52. The van der Waals surface area contributed by atoms with Gasteiger partial charge < -0.3 is 11.1 Å². The van der Waals surface area contributed by atoms with Crippen molar-refractivity contribution in [3.05, 3.63) is 40.9 Å². The van der Waals surface area contributed by atoms with Crippen molar-refractivity contribution in [2.45, 2.75) is 12.5 Å². The second-order valence-corrected chi connectivity index (χ2v) is 4.34. The van der Waals surface area contributed by atoms with Crippen molar-refractivity contribution >= 4 is 27.5 Å². The van der Waals surface area contributed by atoms with E-state index in [0.717, 1.165) is 4.47 Å². The number of carbonyl (C=O) groups is 1. The Balaban J connectivity index is 2.88. The zero-order valence-corrected chi connectivity index (χ0v) is 10.7. The Bertz CT molecular complexity index is 479. The first kappa shape index (κ1) is 13.4. The van der Waals surface area contributed by atoms with Gasteiger partial charge in [0.15, 0.2) is 0 Å². The van der Waals surface area contributed by atoms with Gasteiger partial charge in [-0.1, -0.05) is 22.0 Å². The van der Waals surface area contributed by atoms with Gasteiger partial charge >= 0.3 is 0 Å². The molecule has 0 bridgehead atoms. The van der Waals surface area contributed by atoms with E-state index in [4.69, 9.17) is 11.0 Å². The fourth-order valence-corrected chi connectivity index (χ4v) is 1.59. The molecule has 1 amide bonds. The monoisotopic (exact) mass is 293 g/mol. The van der Waals surface area contributed by atoms with E-state index in [2.05, 4.69) is 27.8 Å². The van der Waals surface area contributed by atoms with E-state index in [1.807, 2.05) is 6.07 Å². The Kier molecular flexibility index (Phi) is 4.88. The number of rotatable bonds is 4. The third-order valence-corrected chi connectivity index (χ3v) is 2.61. The number of nitriles is 1. The lowest BCUT2D eigenvalue weighted by atomic mass is 10.1. The summed E-state index contributed by atoms with van der Waals surface area (Å²) in [5.74, 6) is -0.334. The van der Waals surface area contributed by atoms with Crippen molar-refractivity contribution in [3.63, 3.8) is 0 Å². The average Bonchev–Trinajstić information content (AvgIpc) is 2.29. The molecule has 1 aromatic rings. The van der Waals surface area contributed by atoms with Crippen LogP contribution in [0, 0.1) is 11.3 Å². The summed E-state index contributed by atoms with van der Waals surface area (Å²) in [7, 11) is 0. The van der Waals surface area contributed by atoms with Gasteiger partial charge in [0.25, 0.3) is 0 Å². The van der Waals surface area contributed by atoms with Crippen molar-refractivity contribution in [2.75, 3.05) is 5.32 Å². The summed E-state index contributed by atoms with van der Waals surface area (Å²) in [6, 6.07) is 6.37. The molecule has 0 fully saturated rings. The molecule has 0 heterocycles. The van der Waals surface area contributed by atoms with Crippen LogP contribution in [0.25, 0.3) is 0 Å². The second kappa shape index (κ2) is 6.18. The fourth-order valence-electron chi connectivity index (χ4n) is 1.23. The van der Waals surface area contributed by atoms with Gasteiger partial charge in [-0.3, -0.25) is 4.79 Å². The fraction of sp³-hybridized carbons (Fsp3) is 0.167. The van der Waals surface area contributed by atoms with Crippen LogP contribution < -0.4 is 11.1 Å². The van der Waals surface area contributed by atoms with E-state index < -0.39 is 6.04 Å². The van der Waals surface area contributed by atoms with Gasteiger partial charge in [-0.05, 0) is 24.6 Å². The molecule has 1 aromatic carbocycles. The van der Waals surface area contributed by atoms with Crippen LogP contribution in [-0.4, -0.2) is 11.9 Å². The van der Waals surface area contributed by atoms with Crippen LogP contribution in [0.1, 0.15) is 12.0 Å². The Morgan fingerprint density at radius 1 is 1.71 bits per heavy atom. The van der Waals surface area contributed by atoms with E-state index in [1.165, 1.54) is 0 Å². The summed E-state index contributed by atoms with van der Waals surface area (Å²) >= 11 is 3.28. The Hall–Kier alpha value is -1.64. The molecule has 0 saturated carbocycles. The maximum absolute atomic E-state index is 11.7. The zero-order chi connectivity index (χ0) is 12.8. The number of benzene rings is 1. The molecule has 0 aliphatic carbocycles. The van der Waals surface area contributed by atoms with Crippen molar-refractivity contribution in [2.24, 2.45) is 5.73 Å². The van der Waals surface area contributed by atoms with E-state index in [1.54, 1.807) is 24.3 Å². The molecule has 1 rings (SSSR count). The maximum Gasteiger partial charge on any atom is 0.241 e. The first-order chi connectivity index (χ1) is 8.08. The lowest BCUT2D eigenvalue weighted by Crippen LogP contribution is -2.35. The van der Waals surface area contributed by atoms with Gasteiger partial charge in [0.2, 0.25) is 5.91 Å². The molecule has 0 spiro atoms. The third kappa shape index (κ3) is 3.70. The molecule has 1 unspecified atom stereocenters. The minimum absolute atomic E-state index is 0.334. The number of halogens is 1. The van der Waals surface area contributed by atoms with Gasteiger partial charge in [0.1, 0.15) is 6.07 Å². The molecule has 0 saturated heterocycles. The molecule has 0 aliphatic heterocycles. The molecule has 17 heavy (non-hydrogen) atoms. The van der Waals surface area contributed by atoms with Crippen LogP contribution in [0.2, 0.25) is 0 Å².